The van der Waals surface area contributed by atoms with Gasteiger partial charge in [0.05, 0.1) is 24.8 Å². The van der Waals surface area contributed by atoms with Crippen LogP contribution in [0.15, 0.2) is 77.7 Å². The molecule has 0 aromatic heterocycles. The van der Waals surface area contributed by atoms with Crippen molar-refractivity contribution in [3.63, 3.8) is 0 Å². The summed E-state index contributed by atoms with van der Waals surface area (Å²) >= 11 is 0. The second-order valence-corrected chi connectivity index (χ2v) is 11.5. The van der Waals surface area contributed by atoms with Crippen molar-refractivity contribution in [2.75, 3.05) is 31.6 Å². The predicted molar refractivity (Wildman–Crippen MR) is 160 cm³/mol. The summed E-state index contributed by atoms with van der Waals surface area (Å²) < 4.78 is 39.7. The number of hydrogen-bond donors (Lipinski definition) is 1. The first-order valence-electron chi connectivity index (χ1n) is 13.6. The summed E-state index contributed by atoms with van der Waals surface area (Å²) in [6.45, 7) is 5.75. The van der Waals surface area contributed by atoms with Gasteiger partial charge in [-0.1, -0.05) is 55.8 Å². The van der Waals surface area contributed by atoms with Gasteiger partial charge in [-0.05, 0) is 55.7 Å². The standard InChI is InChI=1S/C31H39N3O6S/c1-6-7-19-32-31(36)24(3)33(21-25-14-12-11-13-23(25)2)30(35)22-34(26-15-9-8-10-16-26)41(37,38)27-17-18-28(39-4)29(20-27)40-5/h8-18,20,24H,6-7,19,21-22H2,1-5H3,(H,32,36). The highest BCUT2D eigenvalue weighted by Crippen LogP contribution is 2.32. The fraction of sp³-hybridized carbons (Fsp3) is 0.355. The number of hydrogen-bond acceptors (Lipinski definition) is 6. The van der Waals surface area contributed by atoms with Crippen LogP contribution in [0.5, 0.6) is 11.5 Å². The van der Waals surface area contributed by atoms with Gasteiger partial charge in [-0.2, -0.15) is 0 Å². The summed E-state index contributed by atoms with van der Waals surface area (Å²) in [4.78, 5) is 28.5. The maximum absolute atomic E-state index is 14.0. The largest absolute Gasteiger partial charge is 0.493 e. The molecule has 41 heavy (non-hydrogen) atoms. The average molecular weight is 582 g/mol. The lowest BCUT2D eigenvalue weighted by atomic mass is 10.1. The van der Waals surface area contributed by atoms with Crippen molar-refractivity contribution in [2.24, 2.45) is 0 Å². The van der Waals surface area contributed by atoms with Gasteiger partial charge in [0.15, 0.2) is 11.5 Å². The second-order valence-electron chi connectivity index (χ2n) is 9.63. The van der Waals surface area contributed by atoms with Crippen LogP contribution in [0.4, 0.5) is 5.69 Å². The number of para-hydroxylation sites is 1. The van der Waals surface area contributed by atoms with Crippen LogP contribution >= 0.6 is 0 Å². The van der Waals surface area contributed by atoms with Crippen molar-refractivity contribution in [3.8, 4) is 11.5 Å². The van der Waals surface area contributed by atoms with Crippen LogP contribution < -0.4 is 19.1 Å². The number of unbranched alkanes of at least 4 members (excludes halogenated alkanes) is 1. The van der Waals surface area contributed by atoms with Gasteiger partial charge in [-0.25, -0.2) is 8.42 Å². The molecule has 0 bridgehead atoms. The summed E-state index contributed by atoms with van der Waals surface area (Å²) in [6, 6.07) is 19.5. The SMILES string of the molecule is CCCCNC(=O)C(C)N(Cc1ccccc1C)C(=O)CN(c1ccccc1)S(=O)(=O)c1ccc(OC)c(OC)c1. The quantitative estimate of drug-likeness (QED) is 0.280. The molecule has 10 heteroatoms. The minimum atomic E-state index is -4.24. The molecular weight excluding hydrogens is 542 g/mol. The van der Waals surface area contributed by atoms with Crippen molar-refractivity contribution in [3.05, 3.63) is 83.9 Å². The first kappa shape index (κ1) is 31.5. The lowest BCUT2D eigenvalue weighted by Crippen LogP contribution is -2.51. The molecule has 3 aromatic carbocycles. The fourth-order valence-electron chi connectivity index (χ4n) is 4.32. The number of rotatable bonds is 14. The Labute approximate surface area is 243 Å². The number of benzene rings is 3. The third-order valence-electron chi connectivity index (χ3n) is 6.86. The monoisotopic (exact) mass is 581 g/mol. The number of nitrogens with one attached hydrogen (secondary N) is 1. The number of carbonyl (C=O) groups excluding carboxylic acids is 2. The van der Waals surface area contributed by atoms with E-state index in [1.54, 1.807) is 37.3 Å². The molecule has 0 aliphatic carbocycles. The molecule has 220 valence electrons. The van der Waals surface area contributed by atoms with Gasteiger partial charge >= 0.3 is 0 Å². The molecule has 0 radical (unpaired) electrons. The molecule has 1 atom stereocenters. The van der Waals surface area contributed by atoms with Crippen molar-refractivity contribution in [1.82, 2.24) is 10.2 Å². The second kappa shape index (κ2) is 14.5. The minimum absolute atomic E-state index is 0.0670. The Bertz CT molecular complexity index is 1430. The van der Waals surface area contributed by atoms with E-state index >= 15 is 0 Å². The molecule has 0 aliphatic rings. The summed E-state index contributed by atoms with van der Waals surface area (Å²) in [5.41, 5.74) is 2.14. The normalized spacial score (nSPS) is 11.8. The first-order valence-corrected chi connectivity index (χ1v) is 15.0. The number of anilines is 1. The van der Waals surface area contributed by atoms with Gasteiger partial charge in [0.1, 0.15) is 12.6 Å². The topological polar surface area (TPSA) is 105 Å². The Morgan fingerprint density at radius 3 is 2.22 bits per heavy atom. The zero-order valence-electron chi connectivity index (χ0n) is 24.3. The van der Waals surface area contributed by atoms with Crippen LogP contribution in [-0.4, -0.2) is 58.5 Å². The molecule has 1 unspecified atom stereocenters. The van der Waals surface area contributed by atoms with Crippen LogP contribution in [0.2, 0.25) is 0 Å². The Hall–Kier alpha value is -4.05. The molecule has 0 saturated carbocycles. The van der Waals surface area contributed by atoms with Gasteiger partial charge in [0.2, 0.25) is 11.8 Å². The van der Waals surface area contributed by atoms with Crippen molar-refractivity contribution in [1.29, 1.82) is 0 Å². The molecule has 0 saturated heterocycles. The van der Waals surface area contributed by atoms with E-state index in [-0.39, 0.29) is 23.1 Å². The number of methoxy groups -OCH3 is 2. The van der Waals surface area contributed by atoms with Crippen LogP contribution in [-0.2, 0) is 26.2 Å². The number of ether oxygens (including phenoxy) is 2. The summed E-state index contributed by atoms with van der Waals surface area (Å²) in [5, 5.41) is 2.89. The molecule has 0 aliphatic heterocycles. The molecule has 0 fully saturated rings. The number of nitrogens with zero attached hydrogens (tertiary/aromatic N) is 2. The lowest BCUT2D eigenvalue weighted by molar-refractivity contribution is -0.139. The maximum atomic E-state index is 14.0. The Morgan fingerprint density at radius 1 is 0.927 bits per heavy atom. The zero-order valence-corrected chi connectivity index (χ0v) is 25.1. The molecule has 0 heterocycles. The highest BCUT2D eigenvalue weighted by Gasteiger charge is 2.33. The van der Waals surface area contributed by atoms with E-state index in [9.17, 15) is 18.0 Å². The molecular formula is C31H39N3O6S. The Balaban J connectivity index is 2.02. The molecule has 0 spiro atoms. The minimum Gasteiger partial charge on any atom is -0.493 e. The number of carbonyl (C=O) groups is 2. The first-order chi connectivity index (χ1) is 19.6. The summed E-state index contributed by atoms with van der Waals surface area (Å²) in [6.07, 6.45) is 1.73. The number of sulfonamides is 1. The van der Waals surface area contributed by atoms with Crippen molar-refractivity contribution < 1.29 is 27.5 Å². The molecule has 3 rings (SSSR count). The summed E-state index contributed by atoms with van der Waals surface area (Å²) in [5.74, 6) is -0.193. The van der Waals surface area contributed by atoms with Crippen LogP contribution in [0, 0.1) is 6.92 Å². The Kier molecular flexibility index (Phi) is 11.2. The van der Waals surface area contributed by atoms with E-state index in [1.807, 2.05) is 38.1 Å². The van der Waals surface area contributed by atoms with Gasteiger partial charge in [-0.3, -0.25) is 13.9 Å². The van der Waals surface area contributed by atoms with Gasteiger partial charge in [0, 0.05) is 19.2 Å². The average Bonchev–Trinajstić information content (AvgIpc) is 2.98. The van der Waals surface area contributed by atoms with Crippen LogP contribution in [0.3, 0.4) is 0 Å². The van der Waals surface area contributed by atoms with Crippen molar-refractivity contribution >= 4 is 27.5 Å². The van der Waals surface area contributed by atoms with Crippen LogP contribution in [0.25, 0.3) is 0 Å². The molecule has 9 nitrogen and oxygen atoms in total. The van der Waals surface area contributed by atoms with Crippen molar-refractivity contribution in [2.45, 2.75) is 51.1 Å². The lowest BCUT2D eigenvalue weighted by Gasteiger charge is -2.32. The van der Waals surface area contributed by atoms with E-state index < -0.39 is 28.5 Å². The predicted octanol–water partition coefficient (Wildman–Crippen LogP) is 4.54. The third kappa shape index (κ3) is 7.79. The van der Waals surface area contributed by atoms with Gasteiger partial charge in [0.25, 0.3) is 10.0 Å². The van der Waals surface area contributed by atoms with E-state index in [4.69, 9.17) is 9.47 Å². The molecule has 3 aromatic rings. The molecule has 2 amide bonds. The summed E-state index contributed by atoms with van der Waals surface area (Å²) in [7, 11) is -1.35. The van der Waals surface area contributed by atoms with Crippen LogP contribution in [0.1, 0.15) is 37.8 Å². The highest BCUT2D eigenvalue weighted by molar-refractivity contribution is 7.92. The Morgan fingerprint density at radius 2 is 1.59 bits per heavy atom. The zero-order chi connectivity index (χ0) is 30.0. The number of aryl methyl sites for hydroxylation is 1. The van der Waals surface area contributed by atoms with E-state index in [2.05, 4.69) is 5.32 Å². The molecule has 1 N–H and O–H groups in total. The maximum Gasteiger partial charge on any atom is 0.264 e. The van der Waals surface area contributed by atoms with E-state index in [0.29, 0.717) is 18.0 Å². The van der Waals surface area contributed by atoms with E-state index in [1.165, 1.54) is 37.3 Å². The van der Waals surface area contributed by atoms with E-state index in [0.717, 1.165) is 28.3 Å². The van der Waals surface area contributed by atoms with Gasteiger partial charge < -0.3 is 19.7 Å². The fourth-order valence-corrected chi connectivity index (χ4v) is 5.75. The smallest absolute Gasteiger partial charge is 0.264 e. The number of amides is 2. The van der Waals surface area contributed by atoms with Gasteiger partial charge in [-0.15, -0.1) is 0 Å². The highest BCUT2D eigenvalue weighted by atomic mass is 32.2. The third-order valence-corrected chi connectivity index (χ3v) is 8.63.